The van der Waals surface area contributed by atoms with Gasteiger partial charge in [0.25, 0.3) is 0 Å². The second-order valence-electron chi connectivity index (χ2n) is 9.21. The van der Waals surface area contributed by atoms with Crippen molar-refractivity contribution >= 4 is 41.2 Å². The van der Waals surface area contributed by atoms with E-state index in [2.05, 4.69) is 17.0 Å². The van der Waals surface area contributed by atoms with Gasteiger partial charge in [-0.2, -0.15) is 0 Å². The smallest absolute Gasteiger partial charge is 0.341 e. The molecular weight excluding hydrogens is 448 g/mol. The predicted molar refractivity (Wildman–Crippen MR) is 135 cm³/mol. The molecule has 0 bridgehead atoms. The molecule has 3 aromatic rings. The summed E-state index contributed by atoms with van der Waals surface area (Å²) in [6, 6.07) is 7.44. The van der Waals surface area contributed by atoms with Crippen LogP contribution >= 0.6 is 11.3 Å². The van der Waals surface area contributed by atoms with Crippen molar-refractivity contribution in [3.05, 3.63) is 58.2 Å². The third-order valence-corrected chi connectivity index (χ3v) is 6.93. The standard InChI is InChI=1S/C26H30N4O3S/c1-17(2)30(25(31)20-9-4-18(3)5-10-20)24-23(26(32)33)14-29(28-24)22-12-7-19(8-13-22)6-11-21-15-34-16-27-21/h6-8,11-18,20H,4-5,9-10H2,1-3H3,(H,32,33). The fourth-order valence-electron chi connectivity index (χ4n) is 4.36. The number of rotatable bonds is 7. The van der Waals surface area contributed by atoms with Gasteiger partial charge < -0.3 is 5.11 Å². The lowest BCUT2D eigenvalue weighted by molar-refractivity contribution is -0.123. The molecule has 8 heteroatoms. The Morgan fingerprint density at radius 1 is 1.15 bits per heavy atom. The van der Waals surface area contributed by atoms with Gasteiger partial charge in [-0.05, 0) is 69.2 Å². The van der Waals surface area contributed by atoms with Crippen LogP contribution in [0.2, 0.25) is 0 Å². The van der Waals surface area contributed by atoms with E-state index >= 15 is 0 Å². The number of aromatic nitrogens is 3. The number of carboxylic acids is 1. The fraction of sp³-hybridized carbons (Fsp3) is 0.385. The van der Waals surface area contributed by atoms with E-state index in [0.29, 0.717) is 5.92 Å². The van der Waals surface area contributed by atoms with E-state index < -0.39 is 5.97 Å². The molecular formula is C26H30N4O3S. The van der Waals surface area contributed by atoms with Crippen LogP contribution in [0.25, 0.3) is 17.8 Å². The van der Waals surface area contributed by atoms with Crippen LogP contribution in [0.5, 0.6) is 0 Å². The van der Waals surface area contributed by atoms with E-state index in [0.717, 1.165) is 42.6 Å². The molecule has 1 fully saturated rings. The Bertz CT molecular complexity index is 1160. The van der Waals surface area contributed by atoms with E-state index in [1.54, 1.807) is 21.7 Å². The third kappa shape index (κ3) is 5.28. The molecule has 0 unspecified atom stereocenters. The van der Waals surface area contributed by atoms with Crippen LogP contribution in [0.15, 0.2) is 41.4 Å². The topological polar surface area (TPSA) is 88.3 Å². The first-order valence-corrected chi connectivity index (χ1v) is 12.6. The molecule has 1 aliphatic carbocycles. The van der Waals surface area contributed by atoms with Gasteiger partial charge in [-0.25, -0.2) is 14.5 Å². The molecule has 0 spiro atoms. The molecule has 2 heterocycles. The summed E-state index contributed by atoms with van der Waals surface area (Å²) in [5.74, 6) is -0.380. The third-order valence-electron chi connectivity index (χ3n) is 6.33. The molecule has 2 aromatic heterocycles. The van der Waals surface area contributed by atoms with Gasteiger partial charge in [-0.1, -0.05) is 25.1 Å². The number of aromatic carboxylic acids is 1. The molecule has 1 aliphatic rings. The number of nitrogens with zero attached hydrogens (tertiary/aromatic N) is 4. The van der Waals surface area contributed by atoms with Crippen molar-refractivity contribution in [3.8, 4) is 5.69 Å². The molecule has 1 aromatic carbocycles. The Hall–Kier alpha value is -3.26. The van der Waals surface area contributed by atoms with Crippen molar-refractivity contribution < 1.29 is 14.7 Å². The Balaban J connectivity index is 1.61. The monoisotopic (exact) mass is 478 g/mol. The summed E-state index contributed by atoms with van der Waals surface area (Å²) in [6.07, 6.45) is 9.11. The van der Waals surface area contributed by atoms with E-state index in [-0.39, 0.29) is 29.2 Å². The first-order chi connectivity index (χ1) is 16.3. The molecule has 1 amide bonds. The number of anilines is 1. The van der Waals surface area contributed by atoms with Crippen LogP contribution in [0.1, 0.15) is 68.1 Å². The Labute approximate surface area is 203 Å². The Morgan fingerprint density at radius 2 is 1.85 bits per heavy atom. The summed E-state index contributed by atoms with van der Waals surface area (Å²) in [4.78, 5) is 31.3. The number of carbonyl (C=O) groups excluding carboxylic acids is 1. The first-order valence-electron chi connectivity index (χ1n) is 11.7. The number of carboxylic acid groups (broad SMARTS) is 1. The average Bonchev–Trinajstić information content (AvgIpc) is 3.49. The predicted octanol–water partition coefficient (Wildman–Crippen LogP) is 5.77. The van der Waals surface area contributed by atoms with Crippen molar-refractivity contribution in [2.24, 2.45) is 11.8 Å². The summed E-state index contributed by atoms with van der Waals surface area (Å²) in [5, 5.41) is 16.4. The molecule has 1 saturated carbocycles. The molecule has 7 nitrogen and oxygen atoms in total. The van der Waals surface area contributed by atoms with E-state index in [1.165, 1.54) is 10.9 Å². The minimum absolute atomic E-state index is 0.0266. The van der Waals surface area contributed by atoms with Crippen molar-refractivity contribution in [1.82, 2.24) is 14.8 Å². The maximum atomic E-state index is 13.5. The highest BCUT2D eigenvalue weighted by atomic mass is 32.1. The van der Waals surface area contributed by atoms with E-state index in [4.69, 9.17) is 0 Å². The summed E-state index contributed by atoms with van der Waals surface area (Å²) in [7, 11) is 0. The zero-order valence-electron chi connectivity index (χ0n) is 19.7. The highest BCUT2D eigenvalue weighted by Crippen LogP contribution is 2.32. The lowest BCUT2D eigenvalue weighted by Gasteiger charge is -2.32. The summed E-state index contributed by atoms with van der Waals surface area (Å²) < 4.78 is 1.54. The quantitative estimate of drug-likeness (QED) is 0.466. The highest BCUT2D eigenvalue weighted by molar-refractivity contribution is 7.07. The van der Waals surface area contributed by atoms with E-state index in [1.807, 2.05) is 55.6 Å². The maximum Gasteiger partial charge on any atom is 0.341 e. The summed E-state index contributed by atoms with van der Waals surface area (Å²) in [5.41, 5.74) is 4.44. The number of benzene rings is 1. The minimum atomic E-state index is -1.10. The van der Waals surface area contributed by atoms with Crippen molar-refractivity contribution in [2.75, 3.05) is 4.90 Å². The molecule has 0 aliphatic heterocycles. The Kier molecular flexibility index (Phi) is 7.26. The molecule has 0 radical (unpaired) electrons. The van der Waals surface area contributed by atoms with Gasteiger partial charge in [0.15, 0.2) is 5.82 Å². The zero-order chi connectivity index (χ0) is 24.2. The SMILES string of the molecule is CC1CCC(C(=O)N(c2nn(-c3ccc(C=Cc4cscn4)cc3)cc2C(=O)O)C(C)C)CC1. The largest absolute Gasteiger partial charge is 0.477 e. The van der Waals surface area contributed by atoms with Crippen LogP contribution in [0, 0.1) is 11.8 Å². The average molecular weight is 479 g/mol. The Morgan fingerprint density at radius 3 is 2.44 bits per heavy atom. The van der Waals surface area contributed by atoms with Crippen molar-refractivity contribution in [1.29, 1.82) is 0 Å². The number of hydrogen-bond acceptors (Lipinski definition) is 5. The van der Waals surface area contributed by atoms with Gasteiger partial charge in [0, 0.05) is 23.5 Å². The molecule has 0 atom stereocenters. The van der Waals surface area contributed by atoms with Crippen LogP contribution in [0.4, 0.5) is 5.82 Å². The number of hydrogen-bond donors (Lipinski definition) is 1. The molecule has 1 N–H and O–H groups in total. The molecule has 34 heavy (non-hydrogen) atoms. The van der Waals surface area contributed by atoms with Crippen molar-refractivity contribution in [3.63, 3.8) is 0 Å². The number of carbonyl (C=O) groups is 2. The van der Waals surface area contributed by atoms with Crippen molar-refractivity contribution in [2.45, 2.75) is 52.5 Å². The van der Waals surface area contributed by atoms with Gasteiger partial charge in [-0.15, -0.1) is 16.4 Å². The summed E-state index contributed by atoms with van der Waals surface area (Å²) in [6.45, 7) is 6.01. The van der Waals surface area contributed by atoms with Gasteiger partial charge in [0.2, 0.25) is 5.91 Å². The number of thiazole rings is 1. The molecule has 4 rings (SSSR count). The second-order valence-corrected chi connectivity index (χ2v) is 9.93. The highest BCUT2D eigenvalue weighted by Gasteiger charge is 2.34. The van der Waals surface area contributed by atoms with Crippen LogP contribution in [-0.2, 0) is 4.79 Å². The summed E-state index contributed by atoms with van der Waals surface area (Å²) >= 11 is 1.55. The maximum absolute atomic E-state index is 13.5. The molecule has 0 saturated heterocycles. The van der Waals surface area contributed by atoms with E-state index in [9.17, 15) is 14.7 Å². The lowest BCUT2D eigenvalue weighted by atomic mass is 9.82. The normalized spacial score (nSPS) is 18.5. The number of amides is 1. The van der Waals surface area contributed by atoms with Crippen LogP contribution in [0.3, 0.4) is 0 Å². The van der Waals surface area contributed by atoms with Gasteiger partial charge >= 0.3 is 5.97 Å². The fourth-order valence-corrected chi connectivity index (χ4v) is 4.88. The van der Waals surface area contributed by atoms with Gasteiger partial charge in [0.1, 0.15) is 5.56 Å². The van der Waals surface area contributed by atoms with Gasteiger partial charge in [-0.3, -0.25) is 9.69 Å². The second kappa shape index (κ2) is 10.3. The molecule has 178 valence electrons. The van der Waals surface area contributed by atoms with Crippen LogP contribution in [-0.4, -0.2) is 37.8 Å². The lowest BCUT2D eigenvalue weighted by Crippen LogP contribution is -2.43. The minimum Gasteiger partial charge on any atom is -0.477 e. The zero-order valence-corrected chi connectivity index (χ0v) is 20.5. The van der Waals surface area contributed by atoms with Gasteiger partial charge in [0.05, 0.1) is 16.9 Å². The van der Waals surface area contributed by atoms with Crippen LogP contribution < -0.4 is 4.90 Å². The first kappa shape index (κ1) is 23.9.